The van der Waals surface area contributed by atoms with Crippen molar-refractivity contribution in [1.82, 2.24) is 19.3 Å². The summed E-state index contributed by atoms with van der Waals surface area (Å²) in [6, 6.07) is 18.6. The molecule has 7 N–H and O–H groups in total. The van der Waals surface area contributed by atoms with E-state index in [0.29, 0.717) is 34.1 Å². The molecular weight excluding hydrogens is 748 g/mol. The molecule has 300 valence electrons. The number of aromatic nitrogens is 4. The number of pyridine rings is 2. The van der Waals surface area contributed by atoms with Gasteiger partial charge in [-0.25, -0.2) is 14.5 Å². The number of anilines is 1. The van der Waals surface area contributed by atoms with E-state index in [-0.39, 0.29) is 17.9 Å². The average Bonchev–Trinajstić information content (AvgIpc) is 3.39. The number of fused-ring (bicyclic) bond motifs is 1. The number of ether oxygens (including phenoxy) is 3. The van der Waals surface area contributed by atoms with Crippen LogP contribution in [0, 0.1) is 6.92 Å². The highest BCUT2D eigenvalue weighted by molar-refractivity contribution is 6.04. The van der Waals surface area contributed by atoms with Gasteiger partial charge >= 0.3 is 23.9 Å². The first-order valence-corrected chi connectivity index (χ1v) is 17.0. The minimum absolute atomic E-state index is 0.0691. The first-order valence-electron chi connectivity index (χ1n) is 17.0. The Morgan fingerprint density at radius 3 is 2.12 bits per heavy atom. The smallest absolute Gasteiger partial charge is 0.336 e. The van der Waals surface area contributed by atoms with Crippen molar-refractivity contribution in [2.24, 2.45) is 5.73 Å². The third-order valence-corrected chi connectivity index (χ3v) is 8.14. The molecule has 0 aliphatic heterocycles. The van der Waals surface area contributed by atoms with Crippen molar-refractivity contribution < 1.29 is 58.6 Å². The van der Waals surface area contributed by atoms with Crippen LogP contribution in [0.3, 0.4) is 0 Å². The van der Waals surface area contributed by atoms with Gasteiger partial charge in [0.25, 0.3) is 11.5 Å². The van der Waals surface area contributed by atoms with Crippen LogP contribution < -0.4 is 26.1 Å². The summed E-state index contributed by atoms with van der Waals surface area (Å²) in [5, 5.41) is 37.3. The lowest BCUT2D eigenvalue weighted by atomic mass is 9.96. The number of nitrogens with two attached hydrogens (primary N) is 1. The Labute approximate surface area is 323 Å². The van der Waals surface area contributed by atoms with Gasteiger partial charge in [0.05, 0.1) is 49.6 Å². The predicted octanol–water partition coefficient (Wildman–Crippen LogP) is 2.97. The number of rotatable bonds is 15. The maximum absolute atomic E-state index is 13.7. The number of nitrogens with one attached hydrogen (secondary N) is 1. The molecule has 3 aromatic heterocycles. The van der Waals surface area contributed by atoms with Gasteiger partial charge in [0.15, 0.2) is 5.60 Å². The van der Waals surface area contributed by atoms with Crippen molar-refractivity contribution in [3.8, 4) is 22.9 Å². The van der Waals surface area contributed by atoms with Gasteiger partial charge in [-0.15, -0.1) is 0 Å². The molecule has 0 saturated heterocycles. The van der Waals surface area contributed by atoms with Crippen LogP contribution in [-0.2, 0) is 30.5 Å². The zero-order chi connectivity index (χ0) is 42.0. The highest BCUT2D eigenvalue weighted by Crippen LogP contribution is 2.31. The van der Waals surface area contributed by atoms with Crippen molar-refractivity contribution in [2.75, 3.05) is 12.4 Å². The first-order chi connectivity index (χ1) is 26.9. The maximum atomic E-state index is 13.7. The molecule has 0 aliphatic rings. The predicted molar refractivity (Wildman–Crippen MR) is 202 cm³/mol. The van der Waals surface area contributed by atoms with Crippen LogP contribution in [0.25, 0.3) is 16.6 Å². The van der Waals surface area contributed by atoms with E-state index in [0.717, 1.165) is 5.39 Å². The zero-order valence-electron chi connectivity index (χ0n) is 31.1. The van der Waals surface area contributed by atoms with E-state index in [1.165, 1.54) is 17.8 Å². The number of hydrogen-bond acceptors (Lipinski definition) is 13. The first kappa shape index (κ1) is 42.6. The number of nitrogens with zero attached hydrogens (tertiary/aromatic N) is 4. The fourth-order valence-corrected chi connectivity index (χ4v) is 5.39. The van der Waals surface area contributed by atoms with Gasteiger partial charge in [-0.2, -0.15) is 0 Å². The third kappa shape index (κ3) is 10.8. The van der Waals surface area contributed by atoms with Crippen molar-refractivity contribution in [2.45, 2.75) is 57.9 Å². The van der Waals surface area contributed by atoms with E-state index in [9.17, 15) is 28.8 Å². The topological polar surface area (TPSA) is 285 Å². The molecule has 0 saturated carbocycles. The normalized spacial score (nSPS) is 12.0. The van der Waals surface area contributed by atoms with E-state index >= 15 is 0 Å². The Morgan fingerprint density at radius 2 is 1.56 bits per heavy atom. The number of hydrogen-bond donors (Lipinski definition) is 6. The Morgan fingerprint density at radius 1 is 0.912 bits per heavy atom. The number of carbonyl (C=O) groups excluding carboxylic acids is 2. The number of methoxy groups -OCH3 is 1. The van der Waals surface area contributed by atoms with E-state index in [1.807, 2.05) is 24.3 Å². The minimum atomic E-state index is -2.74. The average molecular weight is 789 g/mol. The van der Waals surface area contributed by atoms with Crippen molar-refractivity contribution in [3.63, 3.8) is 0 Å². The number of aliphatic hydroxyl groups is 1. The molecule has 0 aliphatic carbocycles. The highest BCUT2D eigenvalue weighted by atomic mass is 16.5. The van der Waals surface area contributed by atoms with E-state index in [2.05, 4.69) is 15.3 Å². The molecule has 5 aromatic rings. The molecular formula is C38H40N6O13. The summed E-state index contributed by atoms with van der Waals surface area (Å²) in [4.78, 5) is 78.3. The largest absolute Gasteiger partial charge is 0.497 e. The third-order valence-electron chi connectivity index (χ3n) is 8.14. The van der Waals surface area contributed by atoms with E-state index < -0.39 is 65.9 Å². The molecule has 19 heteroatoms. The summed E-state index contributed by atoms with van der Waals surface area (Å²) in [7, 11) is 1.59. The van der Waals surface area contributed by atoms with Crippen LogP contribution in [0.5, 0.6) is 17.2 Å². The number of esters is 1. The Balaban J connectivity index is 0.000000476. The molecule has 19 nitrogen and oxygen atoms in total. The number of carboxylic acids is 3. The second kappa shape index (κ2) is 18.5. The summed E-state index contributed by atoms with van der Waals surface area (Å²) in [6.07, 6.45) is 0.196. The number of benzene rings is 2. The fourth-order valence-electron chi connectivity index (χ4n) is 5.39. The molecule has 57 heavy (non-hydrogen) atoms. The summed E-state index contributed by atoms with van der Waals surface area (Å²) in [5.74, 6) is -4.29. The summed E-state index contributed by atoms with van der Waals surface area (Å²) >= 11 is 0. The number of para-hydroxylation sites is 1. The number of aliphatic carboxylic acids is 3. The fraction of sp³-hybridized carbons (Fsp3) is 0.263. The van der Waals surface area contributed by atoms with Gasteiger partial charge in [0, 0.05) is 17.6 Å². The Bertz CT molecular complexity index is 2310. The molecule has 2 atom stereocenters. The number of carboxylic acid groups (broad SMARTS) is 3. The minimum Gasteiger partial charge on any atom is -0.497 e. The van der Waals surface area contributed by atoms with Gasteiger partial charge < -0.3 is 45.7 Å². The molecule has 0 fully saturated rings. The quantitative estimate of drug-likeness (QED) is 0.0832. The standard InChI is InChI=1S/C32H32N6O6.C6H8O7/c1-19(43-32(41)20(2)33)18-37-21(3)29(31(40)38(37)22-8-6-5-7-9-22)30(39)36-28-13-11-24(17-35-28)44-27-14-15-34-26-16-23(42-4)10-12-25(26)27;7-3(8)1-6(13,5(11)12)2-4(9)10/h5-17,19-20H,18,33H2,1-4H3,(H,35,36,39);13H,1-2H2,(H,7,8)(H,9,10)(H,11,12)/t19-,20+;/m1./s1. The second-order valence-electron chi connectivity index (χ2n) is 12.6. The second-order valence-corrected chi connectivity index (χ2v) is 12.6. The van der Waals surface area contributed by atoms with Crippen LogP contribution >= 0.6 is 0 Å². The highest BCUT2D eigenvalue weighted by Gasteiger charge is 2.40. The maximum Gasteiger partial charge on any atom is 0.336 e. The Hall–Kier alpha value is -7.12. The van der Waals surface area contributed by atoms with Gasteiger partial charge in [-0.05, 0) is 63.2 Å². The summed E-state index contributed by atoms with van der Waals surface area (Å²) in [6.45, 7) is 5.00. The zero-order valence-corrected chi connectivity index (χ0v) is 31.1. The molecule has 0 unspecified atom stereocenters. The molecule has 0 radical (unpaired) electrons. The van der Waals surface area contributed by atoms with E-state index in [1.54, 1.807) is 74.3 Å². The lowest BCUT2D eigenvalue weighted by Crippen LogP contribution is -2.42. The lowest BCUT2D eigenvalue weighted by molar-refractivity contribution is -0.170. The Kier molecular flexibility index (Phi) is 13.8. The van der Waals surface area contributed by atoms with Crippen LogP contribution in [0.15, 0.2) is 83.9 Å². The SMILES string of the molecule is COc1ccc2c(Oc3ccc(NC(=O)c4c(C)n(C[C@@H](C)OC(=O)[C@H](C)N)n(-c5ccccc5)c4=O)nc3)ccnc2c1.O=C(O)CC(O)(CC(=O)O)C(=O)O. The van der Waals surface area contributed by atoms with Crippen LogP contribution in [0.1, 0.15) is 42.7 Å². The van der Waals surface area contributed by atoms with Gasteiger partial charge in [-0.1, -0.05) is 18.2 Å². The van der Waals surface area contributed by atoms with Gasteiger partial charge in [0.1, 0.15) is 40.8 Å². The molecule has 1 amide bonds. The molecule has 3 heterocycles. The lowest BCUT2D eigenvalue weighted by Gasteiger charge is -2.19. The van der Waals surface area contributed by atoms with Crippen LogP contribution in [0.2, 0.25) is 0 Å². The van der Waals surface area contributed by atoms with Crippen molar-refractivity contribution in [1.29, 1.82) is 0 Å². The molecule has 5 rings (SSSR count). The van der Waals surface area contributed by atoms with Crippen molar-refractivity contribution >= 4 is 46.5 Å². The molecule has 0 bridgehead atoms. The van der Waals surface area contributed by atoms with Gasteiger partial charge in [-0.3, -0.25) is 33.6 Å². The van der Waals surface area contributed by atoms with E-state index in [4.69, 9.17) is 40.4 Å². The monoisotopic (exact) mass is 788 g/mol. The molecule has 0 spiro atoms. The molecule has 2 aromatic carbocycles. The van der Waals surface area contributed by atoms with Crippen LogP contribution in [0.4, 0.5) is 5.82 Å². The summed E-state index contributed by atoms with van der Waals surface area (Å²) < 4.78 is 19.7. The number of amides is 1. The van der Waals surface area contributed by atoms with Crippen molar-refractivity contribution in [3.05, 3.63) is 101 Å². The summed E-state index contributed by atoms with van der Waals surface area (Å²) in [5.41, 5.74) is 3.95. The number of carbonyl (C=O) groups is 5. The van der Waals surface area contributed by atoms with Crippen LogP contribution in [-0.4, -0.2) is 94.4 Å². The van der Waals surface area contributed by atoms with Gasteiger partial charge in [0.2, 0.25) is 0 Å².